The van der Waals surface area contributed by atoms with Crippen molar-refractivity contribution in [3.05, 3.63) is 485 Å². The summed E-state index contributed by atoms with van der Waals surface area (Å²) in [6, 6.07) is 161. The Hall–Kier alpha value is -12.8. The van der Waals surface area contributed by atoms with Gasteiger partial charge in [-0.15, -0.1) is 22.7 Å². The van der Waals surface area contributed by atoms with Gasteiger partial charge in [-0.05, 0) is 254 Å². The summed E-state index contributed by atoms with van der Waals surface area (Å²) in [7, 11) is 0. The van der Waals surface area contributed by atoms with Crippen molar-refractivity contribution in [2.24, 2.45) is 0 Å². The van der Waals surface area contributed by atoms with Crippen molar-refractivity contribution in [1.29, 1.82) is 0 Å². The highest BCUT2D eigenvalue weighted by Gasteiger charge is 2.46. The Bertz CT molecular complexity index is 6710. The van der Waals surface area contributed by atoms with Crippen molar-refractivity contribution in [1.82, 2.24) is 0 Å². The molecule has 0 unspecified atom stereocenters. The van der Waals surface area contributed by atoms with Crippen LogP contribution in [-0.4, -0.2) is 0 Å². The Morgan fingerprint density at radius 3 is 0.983 bits per heavy atom. The number of para-hydroxylation sites is 3. The average molecular weight is 1730 g/mol. The van der Waals surface area contributed by atoms with Gasteiger partial charge in [-0.1, -0.05) is 321 Å². The minimum Gasteiger partial charge on any atom is -0.310 e. The lowest BCUT2D eigenvalue weighted by Crippen LogP contribution is -2.28. The lowest BCUT2D eigenvalue weighted by molar-refractivity contribution is 0.768. The zero-order valence-electron chi connectivity index (χ0n) is 63.5. The van der Waals surface area contributed by atoms with E-state index in [0.717, 1.165) is 58.9 Å². The lowest BCUT2D eigenvalue weighted by atomic mass is 9.67. The minimum absolute atomic E-state index is 0.507. The maximum absolute atomic E-state index is 3.84. The van der Waals surface area contributed by atoms with Crippen LogP contribution in [0.5, 0.6) is 0 Å². The Morgan fingerprint density at radius 2 is 0.470 bits per heavy atom. The summed E-state index contributed by atoms with van der Waals surface area (Å²) in [6.07, 6.45) is 0. The molecule has 0 bridgehead atoms. The summed E-state index contributed by atoms with van der Waals surface area (Å²) < 4.78 is 8.57. The Kier molecular flexibility index (Phi) is 21.1. The average Bonchev–Trinajstić information content (AvgIpc) is 1.54. The van der Waals surface area contributed by atoms with E-state index in [2.05, 4.69) is 511 Å². The summed E-state index contributed by atoms with van der Waals surface area (Å²) in [6.45, 7) is 0. The summed E-state index contributed by atoms with van der Waals surface area (Å²) in [4.78, 5) is 7.02. The van der Waals surface area contributed by atoms with Crippen LogP contribution >= 0.6 is 70.5 Å². The van der Waals surface area contributed by atoms with Crippen molar-refractivity contribution < 1.29 is 0 Å². The van der Waals surface area contributed by atoms with Crippen LogP contribution in [-0.2, 0) is 5.41 Å². The first-order valence-electron chi connectivity index (χ1n) is 39.1. The number of hydrogen-bond donors (Lipinski definition) is 0. The van der Waals surface area contributed by atoms with Crippen LogP contribution in [0.15, 0.2) is 462 Å². The first-order chi connectivity index (χ1) is 57.7. The van der Waals surface area contributed by atoms with E-state index in [9.17, 15) is 0 Å². The fraction of sp³-hybridized carbons (Fsp3) is 0.00917. The molecule has 0 fully saturated rings. The molecule has 117 heavy (non-hydrogen) atoms. The number of thiophene rings is 2. The van der Waals surface area contributed by atoms with Gasteiger partial charge in [0.2, 0.25) is 0 Å². The molecule has 20 aromatic rings. The van der Waals surface area contributed by atoms with Crippen molar-refractivity contribution >= 4 is 162 Å². The van der Waals surface area contributed by atoms with Gasteiger partial charge in [-0.3, -0.25) is 0 Å². The maximum Gasteiger partial charge on any atom is 0.0714 e. The Balaban J connectivity index is 0.000000123. The van der Waals surface area contributed by atoms with Crippen LogP contribution < -0.4 is 14.7 Å². The standard InChI is InChI=1S/C49H34BrN.C36H24BrNS.C24H16BrNS/c50-41-25-31-45-46-32-30-44(34-48(46)49(47(45)33-41,39-17-9-3-10-18-39)40-19-11-4-12-20-40)51(42-26-21-37(22-27-42)35-13-5-1-6-14-35)43-28-23-38(24-29-43)36-15-7-2-8-16-36;37-29-18-13-25(14-19-29)27-7-6-10-32(23-27)38(30-8-2-1-3-9-30)31-20-15-26(16-21-31)28-17-22-36-34(24-28)33-11-4-5-12-35(33)39-36;25-17-11-13-23-21(15-17)22-16-20(12-14-24(22)27-23)26(18-7-3-1-4-8-18)19-9-5-2-6-10-19/h1-34H;1-24H;1-16H. The van der Waals surface area contributed by atoms with Crippen LogP contribution in [0, 0.1) is 0 Å². The molecular weight excluding hydrogens is 1660 g/mol. The third kappa shape index (κ3) is 15.0. The molecule has 0 saturated carbocycles. The number of rotatable bonds is 15. The highest BCUT2D eigenvalue weighted by molar-refractivity contribution is 9.11. The number of hydrogen-bond acceptors (Lipinski definition) is 5. The number of anilines is 9. The third-order valence-corrected chi connectivity index (χ3v) is 25.9. The number of nitrogens with zero attached hydrogens (tertiary/aromatic N) is 3. The SMILES string of the molecule is Brc1ccc(-c2cccc(N(c3ccccc3)c3ccc(-c4ccc5sc6ccccc6c5c4)cc3)c2)cc1.Brc1ccc2c(c1)C(c1ccccc1)(c1ccccc1)c1cc(N(c3ccc(-c4ccccc4)cc3)c3ccc(-c4ccccc4)cc3)ccc1-2.Brc1ccc2sc3ccc(N(c4ccccc4)c4ccccc4)cc3c2c1. The van der Waals surface area contributed by atoms with Crippen LogP contribution in [0.1, 0.15) is 22.3 Å². The number of fused-ring (bicyclic) bond motifs is 9. The monoisotopic (exact) mass is 1730 g/mol. The van der Waals surface area contributed by atoms with Gasteiger partial charge in [0.05, 0.1) is 5.41 Å². The molecule has 2 aromatic heterocycles. The van der Waals surface area contributed by atoms with E-state index < -0.39 is 5.41 Å². The lowest BCUT2D eigenvalue weighted by Gasteiger charge is -2.35. The van der Waals surface area contributed by atoms with Crippen molar-refractivity contribution in [2.75, 3.05) is 14.7 Å². The van der Waals surface area contributed by atoms with Crippen LogP contribution in [0.4, 0.5) is 51.2 Å². The molecule has 0 atom stereocenters. The molecule has 558 valence electrons. The van der Waals surface area contributed by atoms with Gasteiger partial charge < -0.3 is 14.7 Å². The molecule has 2 heterocycles. The van der Waals surface area contributed by atoms with E-state index in [4.69, 9.17) is 0 Å². The van der Waals surface area contributed by atoms with Gasteiger partial charge in [0.1, 0.15) is 0 Å². The first kappa shape index (κ1) is 74.4. The molecule has 18 aromatic carbocycles. The van der Waals surface area contributed by atoms with Crippen molar-refractivity contribution in [3.63, 3.8) is 0 Å². The fourth-order valence-corrected chi connectivity index (χ4v) is 19.7. The fourth-order valence-electron chi connectivity index (χ4n) is 16.6. The van der Waals surface area contributed by atoms with E-state index in [1.54, 1.807) is 0 Å². The second kappa shape index (κ2) is 33.2. The molecule has 1 aliphatic rings. The topological polar surface area (TPSA) is 9.72 Å². The molecule has 0 N–H and O–H groups in total. The van der Waals surface area contributed by atoms with Crippen molar-refractivity contribution in [2.45, 2.75) is 5.41 Å². The number of benzene rings is 18. The smallest absolute Gasteiger partial charge is 0.0714 e. The van der Waals surface area contributed by atoms with E-state index in [1.165, 1.54) is 124 Å². The van der Waals surface area contributed by atoms with Gasteiger partial charge in [0, 0.05) is 105 Å². The predicted molar refractivity (Wildman–Crippen MR) is 511 cm³/mol. The van der Waals surface area contributed by atoms with E-state index in [-0.39, 0.29) is 0 Å². The molecule has 21 rings (SSSR count). The molecule has 1 aliphatic carbocycles. The first-order valence-corrected chi connectivity index (χ1v) is 43.2. The minimum atomic E-state index is -0.507. The van der Waals surface area contributed by atoms with E-state index >= 15 is 0 Å². The van der Waals surface area contributed by atoms with Gasteiger partial charge in [0.15, 0.2) is 0 Å². The zero-order valence-corrected chi connectivity index (χ0v) is 69.9. The second-order valence-electron chi connectivity index (χ2n) is 29.1. The molecule has 0 amide bonds. The third-order valence-electron chi connectivity index (χ3n) is 22.1. The van der Waals surface area contributed by atoms with Crippen LogP contribution in [0.25, 0.3) is 96.0 Å². The summed E-state index contributed by atoms with van der Waals surface area (Å²) in [5, 5.41) is 5.25. The Labute approximate surface area is 716 Å². The molecule has 0 saturated heterocycles. The summed E-state index contributed by atoms with van der Waals surface area (Å²) >= 11 is 14.7. The van der Waals surface area contributed by atoms with Gasteiger partial charge in [-0.25, -0.2) is 0 Å². The highest BCUT2D eigenvalue weighted by Crippen LogP contribution is 2.58. The summed E-state index contributed by atoms with van der Waals surface area (Å²) in [5.74, 6) is 0. The zero-order chi connectivity index (χ0) is 78.6. The van der Waals surface area contributed by atoms with E-state index in [0.29, 0.717) is 0 Å². The van der Waals surface area contributed by atoms with Crippen molar-refractivity contribution in [3.8, 4) is 55.6 Å². The second-order valence-corrected chi connectivity index (χ2v) is 34.0. The highest BCUT2D eigenvalue weighted by atomic mass is 79.9. The molecule has 0 aliphatic heterocycles. The predicted octanol–water partition coefficient (Wildman–Crippen LogP) is 33.5. The summed E-state index contributed by atoms with van der Waals surface area (Å²) in [5.41, 5.74) is 26.9. The normalized spacial score (nSPS) is 11.8. The van der Waals surface area contributed by atoms with Gasteiger partial charge in [0.25, 0.3) is 0 Å². The maximum atomic E-state index is 3.84. The molecule has 8 heteroatoms. The Morgan fingerprint density at radius 1 is 0.179 bits per heavy atom. The molecular formula is C109H74Br3N3S2. The quantitative estimate of drug-likeness (QED) is 0.101. The largest absolute Gasteiger partial charge is 0.310 e. The molecule has 0 spiro atoms. The molecule has 3 nitrogen and oxygen atoms in total. The van der Waals surface area contributed by atoms with E-state index in [1.807, 2.05) is 22.7 Å². The van der Waals surface area contributed by atoms with Crippen LogP contribution in [0.3, 0.4) is 0 Å². The number of halogens is 3. The van der Waals surface area contributed by atoms with Gasteiger partial charge >= 0.3 is 0 Å². The molecule has 0 radical (unpaired) electrons. The van der Waals surface area contributed by atoms with Gasteiger partial charge in [-0.2, -0.15) is 0 Å². The van der Waals surface area contributed by atoms with Crippen LogP contribution in [0.2, 0.25) is 0 Å².